The van der Waals surface area contributed by atoms with Crippen molar-refractivity contribution in [1.29, 1.82) is 0 Å². The molecule has 1 atom stereocenters. The van der Waals surface area contributed by atoms with Gasteiger partial charge in [-0.2, -0.15) is 0 Å². The van der Waals surface area contributed by atoms with Crippen LogP contribution < -0.4 is 19.7 Å². The second kappa shape index (κ2) is 8.68. The molecule has 0 aromatic heterocycles. The topological polar surface area (TPSA) is 72.4 Å². The predicted octanol–water partition coefficient (Wildman–Crippen LogP) is 1.53. The van der Waals surface area contributed by atoms with Crippen LogP contribution in [-0.2, 0) is 16.0 Å². The van der Waals surface area contributed by atoms with Gasteiger partial charge in [-0.3, -0.25) is 9.59 Å². The first-order valence-electron chi connectivity index (χ1n) is 9.19. The van der Waals surface area contributed by atoms with Gasteiger partial charge in [0.25, 0.3) is 5.91 Å². The Kier molecular flexibility index (Phi) is 6.08. The summed E-state index contributed by atoms with van der Waals surface area (Å²) in [7, 11) is 1.65. The molecule has 1 fully saturated rings. The van der Waals surface area contributed by atoms with Crippen molar-refractivity contribution in [3.63, 3.8) is 0 Å². The number of ether oxygens (including phenoxy) is 2. The first kappa shape index (κ1) is 18.9. The maximum atomic E-state index is 12.7. The Morgan fingerprint density at radius 1 is 1.11 bits per heavy atom. The largest absolute Gasteiger partial charge is 0.496 e. The first-order chi connectivity index (χ1) is 13.1. The van der Waals surface area contributed by atoms with E-state index in [4.69, 9.17) is 9.47 Å². The molecule has 0 saturated carbocycles. The Labute approximate surface area is 159 Å². The van der Waals surface area contributed by atoms with Gasteiger partial charge < -0.3 is 14.8 Å². The third-order valence-corrected chi connectivity index (χ3v) is 4.64. The Bertz CT molecular complexity index is 804. The number of methoxy groups -OCH3 is 1. The lowest BCUT2D eigenvalue weighted by Gasteiger charge is -2.15. The molecule has 0 bridgehead atoms. The fourth-order valence-corrected chi connectivity index (χ4v) is 3.32. The van der Waals surface area contributed by atoms with Crippen molar-refractivity contribution in [1.82, 2.24) is 0 Å². The number of anilines is 1. The zero-order valence-electron chi connectivity index (χ0n) is 15.7. The lowest BCUT2D eigenvalue weighted by molar-refractivity contribution is -0.674. The third-order valence-electron chi connectivity index (χ3n) is 4.64. The Hall–Kier alpha value is -2.86. The minimum absolute atomic E-state index is 0.163. The smallest absolute Gasteiger partial charge is 0.292 e. The lowest BCUT2D eigenvalue weighted by atomic mass is 10.1. The van der Waals surface area contributed by atoms with Crippen LogP contribution in [-0.4, -0.2) is 38.1 Å². The molecule has 0 radical (unpaired) electrons. The molecule has 2 amide bonds. The van der Waals surface area contributed by atoms with Crippen molar-refractivity contribution >= 4 is 17.5 Å². The molecule has 1 aliphatic heterocycles. The summed E-state index contributed by atoms with van der Waals surface area (Å²) < 4.78 is 10.8. The van der Waals surface area contributed by atoms with Crippen molar-refractivity contribution in [2.45, 2.75) is 25.8 Å². The fourth-order valence-electron chi connectivity index (χ4n) is 3.32. The van der Waals surface area contributed by atoms with Crippen molar-refractivity contribution in [3.8, 4) is 11.5 Å². The van der Waals surface area contributed by atoms with E-state index < -0.39 is 0 Å². The highest BCUT2D eigenvalue weighted by atomic mass is 16.5. The number of nitrogens with zero attached hydrogens (tertiary/aromatic N) is 1. The second-order valence-corrected chi connectivity index (χ2v) is 6.39. The zero-order valence-corrected chi connectivity index (χ0v) is 15.7. The van der Waals surface area contributed by atoms with Gasteiger partial charge in [0.2, 0.25) is 5.91 Å². The van der Waals surface area contributed by atoms with Crippen LogP contribution in [0.2, 0.25) is 0 Å². The van der Waals surface area contributed by atoms with Crippen LogP contribution >= 0.6 is 0 Å². The summed E-state index contributed by atoms with van der Waals surface area (Å²) in [6.45, 7) is 3.19. The minimum Gasteiger partial charge on any atom is -0.496 e. The molecule has 0 aliphatic carbocycles. The molecule has 2 aromatic rings. The first-order valence-corrected chi connectivity index (χ1v) is 9.19. The van der Waals surface area contributed by atoms with Gasteiger partial charge in [0.15, 0.2) is 6.04 Å². The number of imide groups is 1. The minimum atomic E-state index is -0.376. The molecule has 142 valence electrons. The quantitative estimate of drug-likeness (QED) is 0.717. The van der Waals surface area contributed by atoms with Crippen molar-refractivity contribution in [3.05, 3.63) is 54.1 Å². The number of benzene rings is 2. The van der Waals surface area contributed by atoms with E-state index >= 15 is 0 Å². The molecular formula is C21H25N2O4+. The molecule has 27 heavy (non-hydrogen) atoms. The van der Waals surface area contributed by atoms with Crippen molar-refractivity contribution < 1.29 is 24.4 Å². The number of carbonyl (C=O) groups is 2. The number of amides is 2. The maximum Gasteiger partial charge on any atom is 0.292 e. The van der Waals surface area contributed by atoms with Gasteiger partial charge in [-0.1, -0.05) is 18.2 Å². The summed E-state index contributed by atoms with van der Waals surface area (Å²) in [4.78, 5) is 26.4. The number of hydrogen-bond donors (Lipinski definition) is 1. The molecule has 0 unspecified atom stereocenters. The standard InChI is InChI=1S/C21H24N2O4/c1-3-27-17-10-8-16(9-11-17)23-20(24)14-18(21(23)25)22-13-12-15-6-4-5-7-19(15)26-2/h4-11,18,22H,3,12-14H2,1-2H3/p+1/t18-/m1/s1. The van der Waals surface area contributed by atoms with E-state index in [0.717, 1.165) is 23.5 Å². The average Bonchev–Trinajstić information content (AvgIpc) is 2.97. The van der Waals surface area contributed by atoms with Crippen molar-refractivity contribution in [2.75, 3.05) is 25.2 Å². The molecule has 2 N–H and O–H groups in total. The summed E-state index contributed by atoms with van der Waals surface area (Å²) >= 11 is 0. The highest BCUT2D eigenvalue weighted by Gasteiger charge is 2.42. The number of nitrogens with two attached hydrogens (primary N) is 1. The van der Waals surface area contributed by atoms with Gasteiger partial charge in [0.1, 0.15) is 11.5 Å². The Morgan fingerprint density at radius 2 is 1.85 bits per heavy atom. The van der Waals surface area contributed by atoms with Crippen LogP contribution in [0.4, 0.5) is 5.69 Å². The second-order valence-electron chi connectivity index (χ2n) is 6.39. The van der Waals surface area contributed by atoms with E-state index in [1.807, 2.05) is 36.5 Å². The lowest BCUT2D eigenvalue weighted by Crippen LogP contribution is -2.92. The summed E-state index contributed by atoms with van der Waals surface area (Å²) in [6.07, 6.45) is 0.989. The predicted molar refractivity (Wildman–Crippen MR) is 102 cm³/mol. The van der Waals surface area contributed by atoms with Gasteiger partial charge in [0, 0.05) is 6.42 Å². The van der Waals surface area contributed by atoms with Gasteiger partial charge in [0.05, 0.1) is 32.4 Å². The van der Waals surface area contributed by atoms with E-state index in [1.165, 1.54) is 4.90 Å². The van der Waals surface area contributed by atoms with Crippen LogP contribution in [0.3, 0.4) is 0 Å². The number of rotatable bonds is 8. The summed E-state index contributed by atoms with van der Waals surface area (Å²) in [6, 6.07) is 14.5. The maximum absolute atomic E-state index is 12.7. The fraction of sp³-hybridized carbons (Fsp3) is 0.333. The number of carbonyl (C=O) groups excluding carboxylic acids is 2. The van der Waals surface area contributed by atoms with E-state index in [9.17, 15) is 9.59 Å². The molecule has 1 heterocycles. The molecule has 0 spiro atoms. The highest BCUT2D eigenvalue weighted by molar-refractivity contribution is 6.21. The van der Waals surface area contributed by atoms with Crippen LogP contribution in [0.1, 0.15) is 18.9 Å². The molecule has 2 aromatic carbocycles. The van der Waals surface area contributed by atoms with Crippen LogP contribution in [0.5, 0.6) is 11.5 Å². The molecule has 1 aliphatic rings. The number of hydrogen-bond acceptors (Lipinski definition) is 4. The van der Waals surface area contributed by atoms with E-state index in [0.29, 0.717) is 18.8 Å². The molecule has 6 nitrogen and oxygen atoms in total. The molecule has 6 heteroatoms. The monoisotopic (exact) mass is 369 g/mol. The third kappa shape index (κ3) is 4.28. The van der Waals surface area contributed by atoms with Gasteiger partial charge in [-0.25, -0.2) is 4.90 Å². The van der Waals surface area contributed by atoms with E-state index in [2.05, 4.69) is 0 Å². The van der Waals surface area contributed by atoms with Gasteiger partial charge >= 0.3 is 0 Å². The van der Waals surface area contributed by atoms with Crippen LogP contribution in [0, 0.1) is 0 Å². The SMILES string of the molecule is CCOc1ccc(N2C(=O)C[C@@H]([NH2+]CCc3ccccc3OC)C2=O)cc1. The summed E-state index contributed by atoms with van der Waals surface area (Å²) in [5, 5.41) is 1.95. The van der Waals surface area contributed by atoms with E-state index in [-0.39, 0.29) is 24.3 Å². The van der Waals surface area contributed by atoms with E-state index in [1.54, 1.807) is 31.4 Å². The summed E-state index contributed by atoms with van der Waals surface area (Å²) in [5.74, 6) is 1.24. The van der Waals surface area contributed by atoms with Gasteiger partial charge in [-0.15, -0.1) is 0 Å². The van der Waals surface area contributed by atoms with Crippen LogP contribution in [0.15, 0.2) is 48.5 Å². The Balaban J connectivity index is 1.60. The molecule has 3 rings (SSSR count). The van der Waals surface area contributed by atoms with Crippen molar-refractivity contribution in [2.24, 2.45) is 0 Å². The number of para-hydroxylation sites is 1. The molecule has 1 saturated heterocycles. The highest BCUT2D eigenvalue weighted by Crippen LogP contribution is 2.24. The average molecular weight is 369 g/mol. The normalized spacial score (nSPS) is 16.7. The van der Waals surface area contributed by atoms with Gasteiger partial charge in [-0.05, 0) is 42.8 Å². The number of quaternary nitrogens is 1. The Morgan fingerprint density at radius 3 is 2.56 bits per heavy atom. The zero-order chi connectivity index (χ0) is 19.2. The summed E-state index contributed by atoms with van der Waals surface area (Å²) in [5.41, 5.74) is 1.69. The molecular weight excluding hydrogens is 344 g/mol. The van der Waals surface area contributed by atoms with Crippen LogP contribution in [0.25, 0.3) is 0 Å².